The van der Waals surface area contributed by atoms with E-state index in [-0.39, 0.29) is 108 Å². The highest BCUT2D eigenvalue weighted by atomic mass is 16.5. The molecule has 2 heterocycles. The Labute approximate surface area is 656 Å². The van der Waals surface area contributed by atoms with Crippen molar-refractivity contribution >= 4 is 76.1 Å². The number of aromatic amines is 2. The molecule has 0 bridgehead atoms. The van der Waals surface area contributed by atoms with Crippen LogP contribution in [0.25, 0.3) is 27.4 Å². The number of hydrogen-bond acceptors (Lipinski definition) is 21. The largest absolute Gasteiger partial charge is 0.506 e. The number of phenolic OH excluding ortho intramolecular Hbond substituents is 1. The molecule has 612 valence electrons. The lowest BCUT2D eigenvalue weighted by atomic mass is 9.88. The Hall–Kier alpha value is -12.4. The van der Waals surface area contributed by atoms with E-state index in [2.05, 4.69) is 57.0 Å². The number of primary amides is 1. The SMILES string of the molecule is C.CC(C)C(N)C(=O)NC(CC1=CCc2ccccc21)C(=O)CC(CO)C(=O)NC(CCC(N)=O)C(=O)CC(CCCCN)C(=O)NC(CCCNC(=N)N)C(=O)CC(Cc1c[nH]cn1)C(=O)NC(Cc1ccccc1)C(=O)CCC(=O)NC(Cc1ccc(O)c(-n2[nH]c(=O)n(-c3ccc(OCCN=[N+]=[N-])cc3)c2=O)c1)C(=O)O. The summed E-state index contributed by atoms with van der Waals surface area (Å²) in [6, 6.07) is 17.4. The number of carbonyl (C=O) groups excluding carboxylic acids is 10. The number of aromatic nitrogens is 5. The molecule has 0 spiro atoms. The summed E-state index contributed by atoms with van der Waals surface area (Å²) < 4.78 is 7.00. The molecule has 0 radical (unpaired) electrons. The van der Waals surface area contributed by atoms with Crippen molar-refractivity contribution in [1.82, 2.24) is 56.2 Å². The Morgan fingerprint density at radius 1 is 0.693 bits per heavy atom. The van der Waals surface area contributed by atoms with Crippen LogP contribution in [0.5, 0.6) is 11.5 Å². The van der Waals surface area contributed by atoms with E-state index < -0.39 is 193 Å². The monoisotopic (exact) mass is 1580 g/mol. The standard InChI is InChI=1S/C77H99N19O17.CH4/c1-44(2)69(80)73(108)92-59(37-48-19-18-47-13-6-7-15-55(47)48)66(102)40-51(42-97)72(107)90-57(24-27-67(79)103)64(100)38-49(14-8-9-29-78)70(105)89-56(16-10-30-85-75(81)82)65(101)39-50(36-52-41-84-43-86-52)71(106)91-58(33-45-11-4-3-5-12-45)62(98)26-28-68(104)88-60(74(109)110)34-46-17-25-63(99)61(35-46)96-77(112)95(76(111)93-96)53-20-22-54(23-21-53)113-32-31-87-94-83;/h3-7,11-13,15,17,19-23,25,35,41,43-44,49-51,56-60,69,97,99H,8-10,14,16,18,24,26-34,36-40,42,78,80H2,1-2H3,(H2,79,103)(H,84,86)(H,88,104)(H,89,105)(H,90,107)(H,91,106)(H,92,108)(H,93,111)(H,109,110)(H4,81,82,85);1H4. The zero-order chi connectivity index (χ0) is 82.3. The number of aliphatic hydroxyl groups is 1. The number of H-pyrrole nitrogens is 2. The van der Waals surface area contributed by atoms with Crippen molar-refractivity contribution in [2.45, 2.75) is 167 Å². The van der Waals surface area contributed by atoms with Crippen LogP contribution in [0.4, 0.5) is 0 Å². The number of phenols is 1. The van der Waals surface area contributed by atoms with Crippen molar-refractivity contribution in [2.24, 2.45) is 51.7 Å². The summed E-state index contributed by atoms with van der Waals surface area (Å²) in [5, 5.41) is 61.4. The van der Waals surface area contributed by atoms with Gasteiger partial charge >= 0.3 is 17.3 Å². The molecule has 2 aromatic heterocycles. The molecule has 4 aromatic carbocycles. The molecule has 1 aliphatic carbocycles. The summed E-state index contributed by atoms with van der Waals surface area (Å²) in [7, 11) is 0. The highest BCUT2D eigenvalue weighted by molar-refractivity contribution is 5.99. The molecule has 1 aliphatic rings. The molecular weight excluding hydrogens is 1470 g/mol. The number of carbonyl (C=O) groups is 11. The van der Waals surface area contributed by atoms with Crippen LogP contribution in [0.1, 0.15) is 133 Å². The Morgan fingerprint density at radius 2 is 1.32 bits per heavy atom. The van der Waals surface area contributed by atoms with Gasteiger partial charge in [0.2, 0.25) is 35.4 Å². The number of amides is 6. The van der Waals surface area contributed by atoms with Crippen molar-refractivity contribution < 1.29 is 72.8 Å². The number of allylic oxidation sites excluding steroid dienone is 1. The molecule has 9 atom stereocenters. The van der Waals surface area contributed by atoms with E-state index in [9.17, 15) is 77.6 Å². The summed E-state index contributed by atoms with van der Waals surface area (Å²) in [5.74, 6) is -14.1. The highest BCUT2D eigenvalue weighted by Gasteiger charge is 2.37. The van der Waals surface area contributed by atoms with Gasteiger partial charge in [-0.2, -0.15) is 4.68 Å². The number of rotatable bonds is 50. The molecule has 0 aliphatic heterocycles. The van der Waals surface area contributed by atoms with Crippen LogP contribution in [0.3, 0.4) is 0 Å². The third kappa shape index (κ3) is 27.5. The minimum atomic E-state index is -1.65. The fourth-order valence-corrected chi connectivity index (χ4v) is 12.9. The fraction of sp³-hybridized carbons (Fsp3) is 0.449. The van der Waals surface area contributed by atoms with Gasteiger partial charge in [0.15, 0.2) is 29.1 Å². The normalized spacial score (nSPS) is 13.9. The first kappa shape index (κ1) is 90.5. The average molecular weight is 1580 g/mol. The lowest BCUT2D eigenvalue weighted by Crippen LogP contribution is -2.51. The maximum absolute atomic E-state index is 15.0. The van der Waals surface area contributed by atoms with E-state index in [1.165, 1.54) is 48.9 Å². The van der Waals surface area contributed by atoms with Crippen LogP contribution in [0.15, 0.2) is 130 Å². The Kier molecular flexibility index (Phi) is 35.9. The lowest BCUT2D eigenvalue weighted by Gasteiger charge is -2.26. The predicted octanol–water partition coefficient (Wildman–Crippen LogP) is 2.35. The van der Waals surface area contributed by atoms with Crippen LogP contribution < -0.4 is 71.0 Å². The van der Waals surface area contributed by atoms with E-state index in [1.807, 2.05) is 30.3 Å². The molecule has 36 nitrogen and oxygen atoms in total. The number of carboxylic acid groups (broad SMARTS) is 1. The number of ketones is 4. The van der Waals surface area contributed by atoms with Gasteiger partial charge in [-0.3, -0.25) is 53.4 Å². The maximum atomic E-state index is 15.0. The van der Waals surface area contributed by atoms with Crippen molar-refractivity contribution in [2.75, 3.05) is 32.8 Å². The molecular formula is C78H103N19O17. The quantitative estimate of drug-likeness (QED) is 0.00651. The van der Waals surface area contributed by atoms with E-state index in [4.69, 9.17) is 38.6 Å². The van der Waals surface area contributed by atoms with E-state index in [0.29, 0.717) is 29.8 Å². The average Bonchev–Trinajstić information content (AvgIpc) is 1.63. The van der Waals surface area contributed by atoms with Gasteiger partial charge < -0.3 is 79.9 Å². The van der Waals surface area contributed by atoms with Gasteiger partial charge in [0.25, 0.3) is 0 Å². The summed E-state index contributed by atoms with van der Waals surface area (Å²) in [4.78, 5) is 191. The number of nitrogens with one attached hydrogen (secondary N) is 9. The van der Waals surface area contributed by atoms with Crippen molar-refractivity contribution in [1.29, 1.82) is 5.41 Å². The van der Waals surface area contributed by atoms with Crippen LogP contribution in [0.2, 0.25) is 0 Å². The molecule has 9 unspecified atom stereocenters. The van der Waals surface area contributed by atoms with Crippen molar-refractivity contribution in [3.63, 3.8) is 0 Å². The Bertz CT molecular complexity index is 4530. The number of unbranched alkanes of at least 4 members (excludes halogenated alkanes) is 1. The van der Waals surface area contributed by atoms with Gasteiger partial charge in [-0.15, -0.1) is 0 Å². The number of nitrogens with two attached hydrogens (primary N) is 4. The zero-order valence-corrected chi connectivity index (χ0v) is 62.8. The van der Waals surface area contributed by atoms with Gasteiger partial charge in [-0.05, 0) is 127 Å². The second kappa shape index (κ2) is 45.2. The maximum Gasteiger partial charge on any atom is 0.356 e. The number of imidazole rings is 1. The number of guanidine groups is 1. The number of aliphatic hydroxyl groups excluding tert-OH is 1. The number of hydrogen-bond donors (Lipinski definition) is 16. The van der Waals surface area contributed by atoms with Crippen LogP contribution in [0, 0.1) is 29.1 Å². The number of benzene rings is 4. The van der Waals surface area contributed by atoms with Gasteiger partial charge in [-0.25, -0.2) is 29.0 Å². The Morgan fingerprint density at radius 3 is 1.96 bits per heavy atom. The predicted molar refractivity (Wildman–Crippen MR) is 420 cm³/mol. The van der Waals surface area contributed by atoms with Gasteiger partial charge in [0, 0.05) is 81.4 Å². The molecule has 6 aromatic rings. The molecule has 36 heteroatoms. The van der Waals surface area contributed by atoms with Gasteiger partial charge in [0.1, 0.15) is 23.2 Å². The number of ether oxygens (including phenoxy) is 1. The molecule has 20 N–H and O–H groups in total. The molecule has 0 fully saturated rings. The van der Waals surface area contributed by atoms with Crippen LogP contribution >= 0.6 is 0 Å². The Balaban J connectivity index is 0.0000202. The first-order valence-corrected chi connectivity index (χ1v) is 37.1. The first-order valence-electron chi connectivity index (χ1n) is 37.1. The summed E-state index contributed by atoms with van der Waals surface area (Å²) in [6.45, 7) is 2.93. The third-order valence-electron chi connectivity index (χ3n) is 19.2. The molecule has 0 saturated heterocycles. The van der Waals surface area contributed by atoms with E-state index >= 15 is 0 Å². The minimum absolute atomic E-state index is 0. The number of aromatic hydroxyl groups is 1. The zero-order valence-electron chi connectivity index (χ0n) is 62.8. The molecule has 7 rings (SSSR count). The topological polar surface area (TPSA) is 595 Å². The smallest absolute Gasteiger partial charge is 0.356 e. The first-order chi connectivity index (χ1) is 54.1. The van der Waals surface area contributed by atoms with E-state index in [0.717, 1.165) is 32.0 Å². The number of carboxylic acids is 1. The minimum Gasteiger partial charge on any atom is -0.506 e. The second-order valence-corrected chi connectivity index (χ2v) is 27.9. The van der Waals surface area contributed by atoms with Crippen molar-refractivity contribution in [3.05, 3.63) is 175 Å². The molecule has 0 saturated carbocycles. The van der Waals surface area contributed by atoms with Gasteiger partial charge in [-0.1, -0.05) is 99.5 Å². The highest BCUT2D eigenvalue weighted by Crippen LogP contribution is 2.32. The lowest BCUT2D eigenvalue weighted by molar-refractivity contribution is -0.142. The number of fused-ring (bicyclic) bond motifs is 1. The number of aliphatic carboxylic acids is 1. The summed E-state index contributed by atoms with van der Waals surface area (Å²) in [5.41, 5.74) is 33.4. The third-order valence-corrected chi connectivity index (χ3v) is 19.2. The van der Waals surface area contributed by atoms with E-state index in [1.54, 1.807) is 44.2 Å². The summed E-state index contributed by atoms with van der Waals surface area (Å²) >= 11 is 0. The summed E-state index contributed by atoms with van der Waals surface area (Å²) in [6.07, 6.45) is 1.57. The number of Topliss-reactive ketones (excluding diaryl/α,β-unsaturated/α-hetero) is 4. The fourth-order valence-electron chi connectivity index (χ4n) is 12.9. The van der Waals surface area contributed by atoms with Gasteiger partial charge in [0.05, 0.1) is 79.5 Å². The number of azide groups is 1. The molecule has 6 amide bonds. The molecule has 114 heavy (non-hydrogen) atoms. The van der Waals surface area contributed by atoms with Crippen molar-refractivity contribution in [3.8, 4) is 22.9 Å². The number of nitrogens with zero attached hydrogens (tertiary/aromatic N) is 6. The van der Waals surface area contributed by atoms with Crippen LogP contribution in [-0.4, -0.2) is 179 Å². The second-order valence-electron chi connectivity index (χ2n) is 27.9. The van der Waals surface area contributed by atoms with Crippen LogP contribution in [-0.2, 0) is 78.4 Å².